The van der Waals surface area contributed by atoms with Crippen LogP contribution in [0.3, 0.4) is 0 Å². The van der Waals surface area contributed by atoms with E-state index in [0.29, 0.717) is 0 Å². The van der Waals surface area contributed by atoms with Gasteiger partial charge >= 0.3 is 0 Å². The van der Waals surface area contributed by atoms with Gasteiger partial charge < -0.3 is 10.6 Å². The van der Waals surface area contributed by atoms with Crippen LogP contribution in [-0.4, -0.2) is 48.1 Å². The van der Waals surface area contributed by atoms with Crippen LogP contribution in [-0.2, 0) is 4.79 Å². The van der Waals surface area contributed by atoms with Gasteiger partial charge in [0.1, 0.15) is 0 Å². The van der Waals surface area contributed by atoms with Gasteiger partial charge in [0.2, 0.25) is 5.91 Å². The van der Waals surface area contributed by atoms with Crippen LogP contribution in [0.2, 0.25) is 0 Å². The third kappa shape index (κ3) is 3.69. The van der Waals surface area contributed by atoms with Crippen LogP contribution in [0.4, 0.5) is 0 Å². The van der Waals surface area contributed by atoms with Crippen LogP contribution < -0.4 is 10.6 Å². The fourth-order valence-electron chi connectivity index (χ4n) is 2.78. The van der Waals surface area contributed by atoms with Gasteiger partial charge in [-0.25, -0.2) is 0 Å². The molecule has 0 spiro atoms. The van der Waals surface area contributed by atoms with Gasteiger partial charge in [0.25, 0.3) is 0 Å². The molecule has 4 heteroatoms. The highest BCUT2D eigenvalue weighted by Crippen LogP contribution is 2.23. The van der Waals surface area contributed by atoms with E-state index in [2.05, 4.69) is 36.3 Å². The largest absolute Gasteiger partial charge is 0.349 e. The molecular formula is C15H31N3O. The molecule has 1 fully saturated rings. The molecule has 1 saturated heterocycles. The van der Waals surface area contributed by atoms with Crippen molar-refractivity contribution in [3.8, 4) is 0 Å². The van der Waals surface area contributed by atoms with Crippen molar-refractivity contribution in [1.82, 2.24) is 15.5 Å². The number of hydrogen-bond acceptors (Lipinski definition) is 3. The van der Waals surface area contributed by atoms with Crippen molar-refractivity contribution in [2.45, 2.75) is 65.0 Å². The summed E-state index contributed by atoms with van der Waals surface area (Å²) in [5.74, 6) is 0.167. The minimum Gasteiger partial charge on any atom is -0.349 e. The average Bonchev–Trinajstić information content (AvgIpc) is 2.45. The fraction of sp³-hybridized carbons (Fsp3) is 0.933. The highest BCUT2D eigenvalue weighted by atomic mass is 16.2. The predicted molar refractivity (Wildman–Crippen MR) is 80.3 cm³/mol. The minimum absolute atomic E-state index is 0.0393. The van der Waals surface area contributed by atoms with E-state index in [0.717, 1.165) is 45.4 Å². The lowest BCUT2D eigenvalue weighted by Gasteiger charge is -2.42. The van der Waals surface area contributed by atoms with E-state index in [4.69, 9.17) is 0 Å². The molecule has 1 amide bonds. The van der Waals surface area contributed by atoms with Gasteiger partial charge in [-0.05, 0) is 33.1 Å². The Kier molecular flexibility index (Phi) is 5.81. The van der Waals surface area contributed by atoms with E-state index in [1.165, 1.54) is 0 Å². The SMILES string of the molecule is CCC(CC)(CC)NC(=O)C(C)(C)N1CCNCC1. The highest BCUT2D eigenvalue weighted by molar-refractivity contribution is 5.86. The average molecular weight is 269 g/mol. The molecule has 0 atom stereocenters. The molecule has 112 valence electrons. The molecular weight excluding hydrogens is 238 g/mol. The monoisotopic (exact) mass is 269 g/mol. The molecule has 0 saturated carbocycles. The molecule has 0 aromatic carbocycles. The van der Waals surface area contributed by atoms with Gasteiger partial charge in [-0.2, -0.15) is 0 Å². The van der Waals surface area contributed by atoms with Crippen LogP contribution in [0.25, 0.3) is 0 Å². The van der Waals surface area contributed by atoms with Crippen LogP contribution in [0, 0.1) is 0 Å². The Labute approximate surface area is 118 Å². The second-order valence-corrected chi connectivity index (χ2v) is 6.09. The molecule has 0 aromatic heterocycles. The maximum Gasteiger partial charge on any atom is 0.240 e. The number of carbonyl (C=O) groups excluding carboxylic acids is 1. The van der Waals surface area contributed by atoms with Gasteiger partial charge in [0.15, 0.2) is 0 Å². The molecule has 1 rings (SSSR count). The smallest absolute Gasteiger partial charge is 0.240 e. The van der Waals surface area contributed by atoms with Crippen LogP contribution in [0.5, 0.6) is 0 Å². The summed E-state index contributed by atoms with van der Waals surface area (Å²) in [6, 6.07) is 0. The van der Waals surface area contributed by atoms with Crippen molar-refractivity contribution in [2.75, 3.05) is 26.2 Å². The lowest BCUT2D eigenvalue weighted by Crippen LogP contribution is -2.63. The van der Waals surface area contributed by atoms with E-state index in [9.17, 15) is 4.79 Å². The predicted octanol–water partition coefficient (Wildman–Crippen LogP) is 1.76. The number of nitrogens with one attached hydrogen (secondary N) is 2. The first kappa shape index (κ1) is 16.4. The van der Waals surface area contributed by atoms with Crippen LogP contribution in [0.1, 0.15) is 53.9 Å². The quantitative estimate of drug-likeness (QED) is 0.772. The summed E-state index contributed by atoms with van der Waals surface area (Å²) in [6.45, 7) is 14.4. The van der Waals surface area contributed by atoms with Gasteiger partial charge in [-0.3, -0.25) is 9.69 Å². The maximum absolute atomic E-state index is 12.7. The molecule has 4 nitrogen and oxygen atoms in total. The number of amides is 1. The zero-order valence-corrected chi connectivity index (χ0v) is 13.3. The Morgan fingerprint density at radius 1 is 1.11 bits per heavy atom. The van der Waals surface area contributed by atoms with E-state index in [1.807, 2.05) is 13.8 Å². The van der Waals surface area contributed by atoms with E-state index >= 15 is 0 Å². The Morgan fingerprint density at radius 3 is 2.00 bits per heavy atom. The second kappa shape index (κ2) is 6.71. The Bertz CT molecular complexity index is 284. The number of piperazine rings is 1. The molecule has 19 heavy (non-hydrogen) atoms. The molecule has 1 aliphatic heterocycles. The molecule has 0 radical (unpaired) electrons. The molecule has 0 unspecified atom stereocenters. The van der Waals surface area contributed by atoms with Gasteiger partial charge in [0, 0.05) is 31.7 Å². The lowest BCUT2D eigenvalue weighted by atomic mass is 9.88. The van der Waals surface area contributed by atoms with Crippen molar-refractivity contribution >= 4 is 5.91 Å². The molecule has 2 N–H and O–H groups in total. The van der Waals surface area contributed by atoms with Gasteiger partial charge in [-0.1, -0.05) is 20.8 Å². The first-order valence-electron chi connectivity index (χ1n) is 7.70. The third-order valence-electron chi connectivity index (χ3n) is 4.87. The van der Waals surface area contributed by atoms with Crippen molar-refractivity contribution < 1.29 is 4.79 Å². The standard InChI is InChI=1S/C15H31N3O/c1-6-15(7-2,8-3)17-13(19)14(4,5)18-11-9-16-10-12-18/h16H,6-12H2,1-5H3,(H,17,19). The topological polar surface area (TPSA) is 44.4 Å². The van der Waals surface area contributed by atoms with Gasteiger partial charge in [-0.15, -0.1) is 0 Å². The van der Waals surface area contributed by atoms with E-state index in [1.54, 1.807) is 0 Å². The first-order chi connectivity index (χ1) is 8.91. The number of hydrogen-bond donors (Lipinski definition) is 2. The summed E-state index contributed by atoms with van der Waals surface area (Å²) >= 11 is 0. The second-order valence-electron chi connectivity index (χ2n) is 6.09. The summed E-state index contributed by atoms with van der Waals surface area (Å²) in [6.07, 6.45) is 2.97. The molecule has 0 aliphatic carbocycles. The molecule has 1 aliphatic rings. The molecule has 1 heterocycles. The van der Waals surface area contributed by atoms with Gasteiger partial charge in [0.05, 0.1) is 5.54 Å². The normalized spacial score (nSPS) is 18.4. The summed E-state index contributed by atoms with van der Waals surface area (Å²) < 4.78 is 0. The van der Waals surface area contributed by atoms with Crippen molar-refractivity contribution in [3.63, 3.8) is 0 Å². The Balaban J connectivity index is 2.74. The summed E-state index contributed by atoms with van der Waals surface area (Å²) in [5, 5.41) is 6.65. The summed E-state index contributed by atoms with van der Waals surface area (Å²) in [4.78, 5) is 15.0. The van der Waals surface area contributed by atoms with Crippen LogP contribution >= 0.6 is 0 Å². The zero-order chi connectivity index (χ0) is 14.5. The highest BCUT2D eigenvalue weighted by Gasteiger charge is 2.38. The van der Waals surface area contributed by atoms with Crippen molar-refractivity contribution in [3.05, 3.63) is 0 Å². The zero-order valence-electron chi connectivity index (χ0n) is 13.3. The first-order valence-corrected chi connectivity index (χ1v) is 7.70. The minimum atomic E-state index is -0.424. The lowest BCUT2D eigenvalue weighted by molar-refractivity contribution is -0.134. The number of nitrogens with zero attached hydrogens (tertiary/aromatic N) is 1. The number of carbonyl (C=O) groups is 1. The van der Waals surface area contributed by atoms with Crippen molar-refractivity contribution in [1.29, 1.82) is 0 Å². The summed E-state index contributed by atoms with van der Waals surface area (Å²) in [5.41, 5.74) is -0.463. The Hall–Kier alpha value is -0.610. The third-order valence-corrected chi connectivity index (χ3v) is 4.87. The van der Waals surface area contributed by atoms with E-state index < -0.39 is 5.54 Å². The fourth-order valence-corrected chi connectivity index (χ4v) is 2.78. The van der Waals surface area contributed by atoms with Crippen molar-refractivity contribution in [2.24, 2.45) is 0 Å². The summed E-state index contributed by atoms with van der Waals surface area (Å²) in [7, 11) is 0. The van der Waals surface area contributed by atoms with E-state index in [-0.39, 0.29) is 11.4 Å². The Morgan fingerprint density at radius 2 is 1.58 bits per heavy atom. The maximum atomic E-state index is 12.7. The molecule has 0 bridgehead atoms. The molecule has 0 aromatic rings. The van der Waals surface area contributed by atoms with Crippen LogP contribution in [0.15, 0.2) is 0 Å². The number of rotatable bonds is 6.